The fourth-order valence-corrected chi connectivity index (χ4v) is 4.31. The van der Waals surface area contributed by atoms with E-state index in [1.165, 1.54) is 13.4 Å². The first-order chi connectivity index (χ1) is 15.4. The first kappa shape index (κ1) is 21.7. The summed E-state index contributed by atoms with van der Waals surface area (Å²) in [5.41, 5.74) is 3.66. The number of furan rings is 1. The summed E-state index contributed by atoms with van der Waals surface area (Å²) in [5.74, 6) is 0.651. The molecule has 0 fully saturated rings. The number of hydrogen-bond donors (Lipinski definition) is 0. The molecule has 2 aromatic heterocycles. The standard InChI is InChI=1S/C24H26N2O6/c1-14(21-15(2)25-32-16(21)3)23(27)26-11-6-8-17-7-5-9-19(22(17)26)31-13-20-18(10-12-30-20)24(28)29-4/h5,7,9-10,12,14H,6,8,11,13H2,1-4H3. The molecule has 1 aromatic carbocycles. The number of hydrogen-bond acceptors (Lipinski definition) is 7. The second-order valence-electron chi connectivity index (χ2n) is 7.85. The maximum atomic E-state index is 13.6. The summed E-state index contributed by atoms with van der Waals surface area (Å²) in [6, 6.07) is 7.29. The molecule has 0 N–H and O–H groups in total. The molecule has 0 spiro atoms. The number of benzene rings is 1. The second kappa shape index (κ2) is 8.90. The Bertz CT molecular complexity index is 1130. The summed E-state index contributed by atoms with van der Waals surface area (Å²) in [6.07, 6.45) is 3.14. The van der Waals surface area contributed by atoms with Crippen LogP contribution < -0.4 is 9.64 Å². The molecule has 3 aromatic rings. The number of methoxy groups -OCH3 is 1. The molecule has 1 aliphatic heterocycles. The van der Waals surface area contributed by atoms with Gasteiger partial charge in [0.05, 0.1) is 30.7 Å². The van der Waals surface area contributed by atoms with E-state index in [9.17, 15) is 9.59 Å². The van der Waals surface area contributed by atoms with Crippen LogP contribution in [0.3, 0.4) is 0 Å². The number of carbonyl (C=O) groups excluding carboxylic acids is 2. The van der Waals surface area contributed by atoms with Gasteiger partial charge in [-0.05, 0) is 51.3 Å². The number of aryl methyl sites for hydroxylation is 3. The van der Waals surface area contributed by atoms with Crippen LogP contribution in [0.4, 0.5) is 5.69 Å². The average molecular weight is 438 g/mol. The molecule has 1 unspecified atom stereocenters. The number of aromatic nitrogens is 1. The van der Waals surface area contributed by atoms with E-state index in [4.69, 9.17) is 18.4 Å². The van der Waals surface area contributed by atoms with Crippen LogP contribution in [0.25, 0.3) is 0 Å². The van der Waals surface area contributed by atoms with Gasteiger partial charge in [-0.2, -0.15) is 0 Å². The maximum absolute atomic E-state index is 13.6. The summed E-state index contributed by atoms with van der Waals surface area (Å²) in [7, 11) is 1.32. The van der Waals surface area contributed by atoms with Gasteiger partial charge >= 0.3 is 5.97 Å². The number of rotatable bonds is 6. The Morgan fingerprint density at radius 1 is 1.25 bits per heavy atom. The predicted molar refractivity (Wildman–Crippen MR) is 116 cm³/mol. The zero-order valence-corrected chi connectivity index (χ0v) is 18.6. The monoisotopic (exact) mass is 438 g/mol. The zero-order chi connectivity index (χ0) is 22.8. The van der Waals surface area contributed by atoms with Gasteiger partial charge < -0.3 is 23.3 Å². The van der Waals surface area contributed by atoms with Gasteiger partial charge in [0.2, 0.25) is 5.91 Å². The highest BCUT2D eigenvalue weighted by Crippen LogP contribution is 2.39. The molecule has 32 heavy (non-hydrogen) atoms. The van der Waals surface area contributed by atoms with Crippen molar-refractivity contribution in [2.45, 2.75) is 46.1 Å². The molecular formula is C24H26N2O6. The van der Waals surface area contributed by atoms with Gasteiger partial charge in [0.25, 0.3) is 0 Å². The summed E-state index contributed by atoms with van der Waals surface area (Å²) < 4.78 is 21.5. The molecule has 8 heteroatoms. The third kappa shape index (κ3) is 3.88. The number of carbonyl (C=O) groups is 2. The first-order valence-electron chi connectivity index (χ1n) is 10.6. The molecule has 0 aliphatic carbocycles. The molecule has 3 heterocycles. The largest absolute Gasteiger partial charge is 0.483 e. The van der Waals surface area contributed by atoms with Crippen LogP contribution in [0.1, 0.15) is 58.0 Å². The summed E-state index contributed by atoms with van der Waals surface area (Å²) in [4.78, 5) is 27.3. The number of esters is 1. The van der Waals surface area contributed by atoms with Crippen molar-refractivity contribution in [1.29, 1.82) is 0 Å². The molecule has 1 aliphatic rings. The van der Waals surface area contributed by atoms with Crippen LogP contribution in [-0.4, -0.2) is 30.7 Å². The van der Waals surface area contributed by atoms with Gasteiger partial charge in [0.15, 0.2) is 5.76 Å². The van der Waals surface area contributed by atoms with Gasteiger partial charge in [0, 0.05) is 12.1 Å². The van der Waals surface area contributed by atoms with E-state index < -0.39 is 11.9 Å². The number of nitrogens with zero attached hydrogens (tertiary/aromatic N) is 2. The fourth-order valence-electron chi connectivity index (χ4n) is 4.31. The van der Waals surface area contributed by atoms with Crippen molar-refractivity contribution in [3.8, 4) is 5.75 Å². The zero-order valence-electron chi connectivity index (χ0n) is 18.6. The molecule has 0 radical (unpaired) electrons. The number of fused-ring (bicyclic) bond motifs is 1. The van der Waals surface area contributed by atoms with Crippen molar-refractivity contribution in [2.24, 2.45) is 0 Å². The van der Waals surface area contributed by atoms with Crippen molar-refractivity contribution >= 4 is 17.6 Å². The third-order valence-electron chi connectivity index (χ3n) is 5.85. The van der Waals surface area contributed by atoms with E-state index in [1.54, 1.807) is 11.0 Å². The minimum atomic E-state index is -0.488. The van der Waals surface area contributed by atoms with Gasteiger partial charge in [-0.15, -0.1) is 0 Å². The average Bonchev–Trinajstić information content (AvgIpc) is 3.41. The van der Waals surface area contributed by atoms with Gasteiger partial charge in [-0.1, -0.05) is 17.3 Å². The molecule has 0 saturated carbocycles. The third-order valence-corrected chi connectivity index (χ3v) is 5.85. The van der Waals surface area contributed by atoms with Crippen molar-refractivity contribution < 1.29 is 28.0 Å². The van der Waals surface area contributed by atoms with Crippen LogP contribution in [0.2, 0.25) is 0 Å². The smallest absolute Gasteiger partial charge is 0.341 e. The first-order valence-corrected chi connectivity index (χ1v) is 10.6. The van der Waals surface area contributed by atoms with Crippen LogP contribution >= 0.6 is 0 Å². The van der Waals surface area contributed by atoms with Crippen molar-refractivity contribution in [3.63, 3.8) is 0 Å². The fraction of sp³-hybridized carbons (Fsp3) is 0.375. The Kier molecular flexibility index (Phi) is 6.03. The van der Waals surface area contributed by atoms with Crippen LogP contribution in [0, 0.1) is 13.8 Å². The topological polar surface area (TPSA) is 95.0 Å². The van der Waals surface area contributed by atoms with Gasteiger partial charge in [-0.3, -0.25) is 4.79 Å². The lowest BCUT2D eigenvalue weighted by Gasteiger charge is -2.33. The van der Waals surface area contributed by atoms with E-state index in [1.807, 2.05) is 39.0 Å². The number of anilines is 1. The number of amides is 1. The lowest BCUT2D eigenvalue weighted by molar-refractivity contribution is -0.119. The minimum Gasteiger partial charge on any atom is -0.483 e. The molecule has 1 atom stereocenters. The van der Waals surface area contributed by atoms with E-state index >= 15 is 0 Å². The highest BCUT2D eigenvalue weighted by atomic mass is 16.5. The highest BCUT2D eigenvalue weighted by Gasteiger charge is 2.32. The van der Waals surface area contributed by atoms with Crippen molar-refractivity contribution in [2.75, 3.05) is 18.6 Å². The van der Waals surface area contributed by atoms with Crippen LogP contribution in [0.5, 0.6) is 5.75 Å². The summed E-state index contributed by atoms with van der Waals surface area (Å²) in [6.45, 7) is 6.16. The molecule has 1 amide bonds. The quantitative estimate of drug-likeness (QED) is 0.529. The minimum absolute atomic E-state index is 0.0370. The van der Waals surface area contributed by atoms with E-state index in [0.29, 0.717) is 29.4 Å². The lowest BCUT2D eigenvalue weighted by atomic mass is 9.95. The normalized spacial score (nSPS) is 14.1. The van der Waals surface area contributed by atoms with E-state index in [0.717, 1.165) is 35.3 Å². The van der Waals surface area contributed by atoms with E-state index in [-0.39, 0.29) is 12.5 Å². The van der Waals surface area contributed by atoms with Gasteiger partial charge in [-0.25, -0.2) is 4.79 Å². The predicted octanol–water partition coefficient (Wildman–Crippen LogP) is 4.33. The maximum Gasteiger partial charge on any atom is 0.341 e. The highest BCUT2D eigenvalue weighted by molar-refractivity contribution is 6.00. The Labute approximate surface area is 186 Å². The molecule has 168 valence electrons. The SMILES string of the molecule is COC(=O)c1ccoc1COc1cccc2c1N(C(=O)C(C)c1c(C)noc1C)CCC2. The number of ether oxygens (including phenoxy) is 2. The number of para-hydroxylation sites is 1. The second-order valence-corrected chi connectivity index (χ2v) is 7.85. The van der Waals surface area contributed by atoms with Crippen molar-refractivity contribution in [1.82, 2.24) is 5.16 Å². The molecule has 0 saturated heterocycles. The molecule has 0 bridgehead atoms. The molecule has 8 nitrogen and oxygen atoms in total. The Hall–Kier alpha value is -3.55. The van der Waals surface area contributed by atoms with Crippen molar-refractivity contribution in [3.05, 3.63) is 64.4 Å². The Morgan fingerprint density at radius 2 is 2.06 bits per heavy atom. The lowest BCUT2D eigenvalue weighted by Crippen LogP contribution is -2.38. The molecular weight excluding hydrogens is 412 g/mol. The Morgan fingerprint density at radius 3 is 2.78 bits per heavy atom. The van der Waals surface area contributed by atoms with Crippen LogP contribution in [-0.2, 0) is 22.6 Å². The Balaban J connectivity index is 1.62. The van der Waals surface area contributed by atoms with Crippen LogP contribution in [0.15, 0.2) is 39.5 Å². The van der Waals surface area contributed by atoms with Gasteiger partial charge in [0.1, 0.15) is 23.7 Å². The summed E-state index contributed by atoms with van der Waals surface area (Å²) in [5, 5.41) is 4.00. The molecule has 4 rings (SSSR count). The summed E-state index contributed by atoms with van der Waals surface area (Å²) >= 11 is 0. The van der Waals surface area contributed by atoms with E-state index in [2.05, 4.69) is 5.16 Å².